The molecule has 1 heterocycles. The molecule has 18 heavy (non-hydrogen) atoms. The fraction of sp³-hybridized carbons (Fsp3) is 0.583. The number of nitrogens with two attached hydrogens (primary N) is 1. The van der Waals surface area contributed by atoms with E-state index in [-0.39, 0.29) is 24.0 Å². The molecule has 0 radical (unpaired) electrons. The molecule has 0 aromatic carbocycles. The first kappa shape index (κ1) is 17.7. The first-order valence-corrected chi connectivity index (χ1v) is 6.77. The monoisotopic (exact) mass is 382 g/mol. The largest absolute Gasteiger partial charge is 0.370 e. The van der Waals surface area contributed by atoms with Crippen LogP contribution in [0.3, 0.4) is 0 Å². The summed E-state index contributed by atoms with van der Waals surface area (Å²) < 4.78 is 0. The highest BCUT2D eigenvalue weighted by molar-refractivity contribution is 14.0. The van der Waals surface area contributed by atoms with Gasteiger partial charge >= 0.3 is 0 Å². The normalized spacial score (nSPS) is 11.4. The summed E-state index contributed by atoms with van der Waals surface area (Å²) in [5.41, 5.74) is 5.76. The quantitative estimate of drug-likeness (QED) is 0.327. The zero-order valence-corrected chi connectivity index (χ0v) is 14.2. The van der Waals surface area contributed by atoms with Crippen molar-refractivity contribution >= 4 is 41.3 Å². The molecule has 0 saturated heterocycles. The number of aliphatic imine (C=N–C) groups is 1. The molecule has 0 fully saturated rings. The molecule has 0 unspecified atom stereocenters. The van der Waals surface area contributed by atoms with Crippen molar-refractivity contribution in [2.75, 3.05) is 33.7 Å². The molecule has 0 amide bonds. The van der Waals surface area contributed by atoms with E-state index in [0.717, 1.165) is 32.5 Å². The van der Waals surface area contributed by atoms with Crippen LogP contribution in [0.2, 0.25) is 0 Å². The SMILES string of the molecule is CN(C)CCCN=C(N)NCCc1cccs1.I. The van der Waals surface area contributed by atoms with Gasteiger partial charge in [-0.1, -0.05) is 6.07 Å². The fourth-order valence-corrected chi connectivity index (χ4v) is 2.12. The lowest BCUT2D eigenvalue weighted by molar-refractivity contribution is 0.403. The van der Waals surface area contributed by atoms with Crippen molar-refractivity contribution < 1.29 is 0 Å². The molecule has 0 aliphatic heterocycles. The average molecular weight is 382 g/mol. The van der Waals surface area contributed by atoms with Crippen LogP contribution in [-0.2, 0) is 6.42 Å². The van der Waals surface area contributed by atoms with E-state index in [4.69, 9.17) is 5.73 Å². The predicted octanol–water partition coefficient (Wildman–Crippen LogP) is 1.76. The van der Waals surface area contributed by atoms with Crippen molar-refractivity contribution in [1.82, 2.24) is 10.2 Å². The van der Waals surface area contributed by atoms with Crippen molar-refractivity contribution in [2.45, 2.75) is 12.8 Å². The zero-order valence-electron chi connectivity index (χ0n) is 11.1. The Labute approximate surface area is 131 Å². The Balaban J connectivity index is 0.00000289. The lowest BCUT2D eigenvalue weighted by Crippen LogP contribution is -2.33. The highest BCUT2D eigenvalue weighted by Gasteiger charge is 1.95. The third kappa shape index (κ3) is 8.71. The molecule has 1 aromatic heterocycles. The van der Waals surface area contributed by atoms with Crippen molar-refractivity contribution in [3.05, 3.63) is 22.4 Å². The summed E-state index contributed by atoms with van der Waals surface area (Å²) in [5, 5.41) is 5.22. The third-order valence-corrected chi connectivity index (χ3v) is 3.24. The number of rotatable bonds is 7. The lowest BCUT2D eigenvalue weighted by atomic mass is 10.3. The first-order valence-electron chi connectivity index (χ1n) is 5.89. The summed E-state index contributed by atoms with van der Waals surface area (Å²) in [4.78, 5) is 7.80. The molecule has 3 N–H and O–H groups in total. The molecule has 1 aromatic rings. The van der Waals surface area contributed by atoms with Gasteiger partial charge in [-0.15, -0.1) is 35.3 Å². The summed E-state index contributed by atoms with van der Waals surface area (Å²) >= 11 is 1.77. The lowest BCUT2D eigenvalue weighted by Gasteiger charge is -2.08. The van der Waals surface area contributed by atoms with Crippen LogP contribution in [0.4, 0.5) is 0 Å². The number of nitrogens with one attached hydrogen (secondary N) is 1. The Hall–Kier alpha value is -0.340. The fourth-order valence-electron chi connectivity index (χ4n) is 1.41. The van der Waals surface area contributed by atoms with E-state index in [1.165, 1.54) is 4.88 Å². The number of hydrogen-bond donors (Lipinski definition) is 2. The summed E-state index contributed by atoms with van der Waals surface area (Å²) in [6, 6.07) is 4.20. The number of nitrogens with zero attached hydrogens (tertiary/aromatic N) is 2. The van der Waals surface area contributed by atoms with Crippen LogP contribution >= 0.6 is 35.3 Å². The summed E-state index contributed by atoms with van der Waals surface area (Å²) in [5.74, 6) is 0.556. The zero-order chi connectivity index (χ0) is 12.5. The highest BCUT2D eigenvalue weighted by atomic mass is 127. The Morgan fingerprint density at radius 1 is 1.50 bits per heavy atom. The van der Waals surface area contributed by atoms with E-state index in [9.17, 15) is 0 Å². The maximum absolute atomic E-state index is 5.76. The van der Waals surface area contributed by atoms with Gasteiger partial charge < -0.3 is 16.0 Å². The molecular weight excluding hydrogens is 359 g/mol. The second kappa shape index (κ2) is 10.6. The Bertz CT molecular complexity index is 325. The van der Waals surface area contributed by atoms with E-state index < -0.39 is 0 Å². The maximum Gasteiger partial charge on any atom is 0.188 e. The van der Waals surface area contributed by atoms with Gasteiger partial charge in [0.1, 0.15) is 0 Å². The Morgan fingerprint density at radius 3 is 2.89 bits per heavy atom. The standard InChI is InChI=1S/C12H22N4S.HI/c1-16(2)9-4-7-14-12(13)15-8-6-11-5-3-10-17-11;/h3,5,10H,4,6-9H2,1-2H3,(H3,13,14,15);1H. The van der Waals surface area contributed by atoms with Crippen molar-refractivity contribution in [3.8, 4) is 0 Å². The van der Waals surface area contributed by atoms with E-state index in [0.29, 0.717) is 5.96 Å². The first-order chi connectivity index (χ1) is 8.18. The molecule has 6 heteroatoms. The Morgan fingerprint density at radius 2 is 2.28 bits per heavy atom. The van der Waals surface area contributed by atoms with Gasteiger partial charge in [0, 0.05) is 18.0 Å². The molecule has 0 spiro atoms. The van der Waals surface area contributed by atoms with Gasteiger partial charge in [0.05, 0.1) is 0 Å². The Kier molecular flexibility index (Phi) is 10.4. The summed E-state index contributed by atoms with van der Waals surface area (Å²) in [6.45, 7) is 2.69. The van der Waals surface area contributed by atoms with Crippen molar-refractivity contribution in [1.29, 1.82) is 0 Å². The average Bonchev–Trinajstić information content (AvgIpc) is 2.77. The molecule has 0 aliphatic rings. The molecule has 104 valence electrons. The van der Waals surface area contributed by atoms with E-state index in [2.05, 4.69) is 46.8 Å². The molecule has 1 rings (SSSR count). The topological polar surface area (TPSA) is 53.6 Å². The second-order valence-corrected chi connectivity index (χ2v) is 5.21. The molecule has 0 bridgehead atoms. The van der Waals surface area contributed by atoms with Crippen LogP contribution in [0.15, 0.2) is 22.5 Å². The minimum absolute atomic E-state index is 0. The molecule has 0 aliphatic carbocycles. The van der Waals surface area contributed by atoms with Crippen molar-refractivity contribution in [2.24, 2.45) is 10.7 Å². The van der Waals surface area contributed by atoms with E-state index in [1.807, 2.05) is 0 Å². The molecule has 4 nitrogen and oxygen atoms in total. The molecular formula is C12H23IN4S. The van der Waals surface area contributed by atoms with Crippen molar-refractivity contribution in [3.63, 3.8) is 0 Å². The summed E-state index contributed by atoms with van der Waals surface area (Å²) in [7, 11) is 4.12. The number of hydrogen-bond acceptors (Lipinski definition) is 3. The van der Waals surface area contributed by atoms with Gasteiger partial charge in [-0.25, -0.2) is 0 Å². The van der Waals surface area contributed by atoms with Gasteiger partial charge in [0.2, 0.25) is 0 Å². The predicted molar refractivity (Wildman–Crippen MR) is 91.1 cm³/mol. The van der Waals surface area contributed by atoms with Crippen LogP contribution < -0.4 is 11.1 Å². The van der Waals surface area contributed by atoms with E-state index in [1.54, 1.807) is 11.3 Å². The highest BCUT2D eigenvalue weighted by Crippen LogP contribution is 2.07. The number of guanidine groups is 1. The second-order valence-electron chi connectivity index (χ2n) is 4.18. The maximum atomic E-state index is 5.76. The minimum atomic E-state index is 0. The molecule has 0 saturated carbocycles. The van der Waals surface area contributed by atoms with Gasteiger partial charge in [-0.3, -0.25) is 4.99 Å². The van der Waals surface area contributed by atoms with Crippen LogP contribution in [0.25, 0.3) is 0 Å². The van der Waals surface area contributed by atoms with Crippen LogP contribution in [0.5, 0.6) is 0 Å². The van der Waals surface area contributed by atoms with E-state index >= 15 is 0 Å². The minimum Gasteiger partial charge on any atom is -0.370 e. The van der Waals surface area contributed by atoms with Crippen LogP contribution in [0, 0.1) is 0 Å². The van der Waals surface area contributed by atoms with Gasteiger partial charge in [-0.2, -0.15) is 0 Å². The third-order valence-electron chi connectivity index (χ3n) is 2.30. The summed E-state index contributed by atoms with van der Waals surface area (Å²) in [6.07, 6.45) is 2.05. The van der Waals surface area contributed by atoms with Crippen LogP contribution in [-0.4, -0.2) is 44.6 Å². The number of thiophene rings is 1. The van der Waals surface area contributed by atoms with Gasteiger partial charge in [0.25, 0.3) is 0 Å². The smallest absolute Gasteiger partial charge is 0.188 e. The van der Waals surface area contributed by atoms with Gasteiger partial charge in [-0.05, 0) is 44.9 Å². The molecule has 0 atom stereocenters. The van der Waals surface area contributed by atoms with Gasteiger partial charge in [0.15, 0.2) is 5.96 Å². The number of halogens is 1. The van der Waals surface area contributed by atoms with Crippen LogP contribution in [0.1, 0.15) is 11.3 Å².